The third-order valence-corrected chi connectivity index (χ3v) is 6.72. The van der Waals surface area contributed by atoms with E-state index in [4.69, 9.17) is 9.57 Å². The SMILES string of the molecule is CON(C)S(=O)(=O)c1cccc(C(=O)OCC(=O)c2cc(C)n(-c3ccccc3)c2C)c1. The van der Waals surface area contributed by atoms with Crippen LogP contribution in [0, 0.1) is 13.8 Å². The van der Waals surface area contributed by atoms with Crippen molar-refractivity contribution in [2.75, 3.05) is 20.8 Å². The molecule has 0 atom stereocenters. The maximum Gasteiger partial charge on any atom is 0.338 e. The van der Waals surface area contributed by atoms with Crippen molar-refractivity contribution < 1.29 is 27.6 Å². The van der Waals surface area contributed by atoms with E-state index >= 15 is 0 Å². The number of ether oxygens (including phenoxy) is 1. The lowest BCUT2D eigenvalue weighted by Gasteiger charge is -2.14. The molecule has 0 spiro atoms. The van der Waals surface area contributed by atoms with Crippen molar-refractivity contribution in [2.24, 2.45) is 0 Å². The quantitative estimate of drug-likeness (QED) is 0.293. The number of nitrogens with zero attached hydrogens (tertiary/aromatic N) is 2. The van der Waals surface area contributed by atoms with Crippen LogP contribution in [-0.2, 0) is 19.6 Å². The van der Waals surface area contributed by atoms with Gasteiger partial charge in [0.2, 0.25) is 5.78 Å². The van der Waals surface area contributed by atoms with Gasteiger partial charge in [0.25, 0.3) is 10.0 Å². The predicted molar refractivity (Wildman–Crippen MR) is 118 cm³/mol. The summed E-state index contributed by atoms with van der Waals surface area (Å²) in [6, 6.07) is 16.7. The zero-order chi connectivity index (χ0) is 23.5. The number of sulfonamides is 1. The fourth-order valence-corrected chi connectivity index (χ4v) is 4.36. The minimum absolute atomic E-state index is 0.0122. The maximum absolute atomic E-state index is 12.7. The standard InChI is InChI=1S/C23H24N2O6S/c1-16-13-21(17(2)25(16)19-10-6-5-7-11-19)22(26)15-31-23(27)18-9-8-12-20(14-18)32(28,29)24(3)30-4/h5-14H,15H2,1-4H3. The number of aromatic nitrogens is 1. The van der Waals surface area contributed by atoms with Crippen LogP contribution >= 0.6 is 0 Å². The fourth-order valence-electron chi connectivity index (χ4n) is 3.34. The van der Waals surface area contributed by atoms with Gasteiger partial charge in [-0.05, 0) is 50.2 Å². The molecule has 1 heterocycles. The molecule has 1 aromatic heterocycles. The number of para-hydroxylation sites is 1. The topological polar surface area (TPSA) is 94.9 Å². The van der Waals surface area contributed by atoms with Crippen LogP contribution in [0.5, 0.6) is 0 Å². The molecule has 0 aliphatic rings. The second-order valence-corrected chi connectivity index (χ2v) is 9.02. The van der Waals surface area contributed by atoms with Crippen molar-refractivity contribution in [2.45, 2.75) is 18.7 Å². The largest absolute Gasteiger partial charge is 0.454 e. The summed E-state index contributed by atoms with van der Waals surface area (Å²) in [5, 5.41) is 0. The Hall–Kier alpha value is -3.27. The Morgan fingerprint density at radius 2 is 1.69 bits per heavy atom. The van der Waals surface area contributed by atoms with Crippen LogP contribution in [0.15, 0.2) is 65.6 Å². The van der Waals surface area contributed by atoms with E-state index in [-0.39, 0.29) is 16.2 Å². The third kappa shape index (κ3) is 4.64. The molecule has 0 bridgehead atoms. The van der Waals surface area contributed by atoms with Gasteiger partial charge in [-0.2, -0.15) is 0 Å². The summed E-state index contributed by atoms with van der Waals surface area (Å²) < 4.78 is 32.5. The average Bonchev–Trinajstić information content (AvgIpc) is 3.11. The lowest BCUT2D eigenvalue weighted by molar-refractivity contribution is -0.0258. The van der Waals surface area contributed by atoms with Crippen LogP contribution in [0.25, 0.3) is 5.69 Å². The van der Waals surface area contributed by atoms with Crippen molar-refractivity contribution in [3.63, 3.8) is 0 Å². The molecule has 0 radical (unpaired) electrons. The van der Waals surface area contributed by atoms with Crippen LogP contribution in [0.1, 0.15) is 32.1 Å². The van der Waals surface area contributed by atoms with Crippen LogP contribution in [0.3, 0.4) is 0 Å². The normalized spacial score (nSPS) is 11.5. The van der Waals surface area contributed by atoms with E-state index in [0.29, 0.717) is 10.0 Å². The maximum atomic E-state index is 12.7. The summed E-state index contributed by atoms with van der Waals surface area (Å²) in [5.74, 6) is -1.15. The summed E-state index contributed by atoms with van der Waals surface area (Å²) >= 11 is 0. The minimum atomic E-state index is -3.92. The number of carbonyl (C=O) groups excluding carboxylic acids is 2. The first-order chi connectivity index (χ1) is 15.2. The van der Waals surface area contributed by atoms with Crippen molar-refractivity contribution in [1.29, 1.82) is 0 Å². The highest BCUT2D eigenvalue weighted by molar-refractivity contribution is 7.89. The molecule has 0 aliphatic carbocycles. The van der Waals surface area contributed by atoms with Crippen molar-refractivity contribution in [1.82, 2.24) is 9.04 Å². The highest BCUT2D eigenvalue weighted by Crippen LogP contribution is 2.21. The molecule has 3 rings (SSSR count). The summed E-state index contributed by atoms with van der Waals surface area (Å²) in [6.07, 6.45) is 0. The van der Waals surface area contributed by atoms with Crippen LogP contribution in [0.4, 0.5) is 0 Å². The second kappa shape index (κ2) is 9.47. The average molecular weight is 457 g/mol. The number of aryl methyl sites for hydroxylation is 1. The van der Waals surface area contributed by atoms with E-state index in [2.05, 4.69) is 0 Å². The second-order valence-electron chi connectivity index (χ2n) is 7.08. The number of ketones is 1. The van der Waals surface area contributed by atoms with Crippen LogP contribution in [0.2, 0.25) is 0 Å². The molecule has 8 nitrogen and oxygen atoms in total. The highest BCUT2D eigenvalue weighted by atomic mass is 32.2. The van der Waals surface area contributed by atoms with E-state index in [9.17, 15) is 18.0 Å². The van der Waals surface area contributed by atoms with Crippen molar-refractivity contribution >= 4 is 21.8 Å². The number of Topliss-reactive ketones (excluding diaryl/α,β-unsaturated/α-hetero) is 1. The molecule has 0 amide bonds. The number of hydroxylamine groups is 1. The lowest BCUT2D eigenvalue weighted by Crippen LogP contribution is -2.26. The van der Waals surface area contributed by atoms with Gasteiger partial charge in [-0.3, -0.25) is 9.63 Å². The number of rotatable bonds is 8. The third-order valence-electron chi connectivity index (χ3n) is 5.04. The van der Waals surface area contributed by atoms with Crippen molar-refractivity contribution in [3.8, 4) is 5.69 Å². The van der Waals surface area contributed by atoms with E-state index in [1.165, 1.54) is 38.4 Å². The number of benzene rings is 2. The van der Waals surface area contributed by atoms with Crippen LogP contribution < -0.4 is 0 Å². The molecule has 0 saturated heterocycles. The Balaban J connectivity index is 1.75. The van der Waals surface area contributed by atoms with Gasteiger partial charge < -0.3 is 9.30 Å². The first kappa shape index (κ1) is 23.4. The fraction of sp³-hybridized carbons (Fsp3) is 0.217. The number of carbonyl (C=O) groups is 2. The molecule has 2 aromatic carbocycles. The first-order valence-corrected chi connectivity index (χ1v) is 11.2. The zero-order valence-corrected chi connectivity index (χ0v) is 19.0. The molecule has 0 N–H and O–H groups in total. The van der Waals surface area contributed by atoms with Gasteiger partial charge in [0.05, 0.1) is 17.6 Å². The van der Waals surface area contributed by atoms with Crippen molar-refractivity contribution in [3.05, 3.63) is 83.2 Å². The molecular weight excluding hydrogens is 432 g/mol. The van der Waals surface area contributed by atoms with Crippen LogP contribution in [-0.4, -0.2) is 50.0 Å². The molecule has 0 aliphatic heterocycles. The van der Waals surface area contributed by atoms with Gasteiger partial charge in [0.15, 0.2) is 6.61 Å². The number of esters is 1. The molecule has 0 saturated carbocycles. The monoisotopic (exact) mass is 456 g/mol. The predicted octanol–water partition coefficient (Wildman–Crippen LogP) is 3.32. The van der Waals surface area contributed by atoms with Gasteiger partial charge >= 0.3 is 5.97 Å². The lowest BCUT2D eigenvalue weighted by atomic mass is 10.1. The Kier molecular flexibility index (Phi) is 6.93. The van der Waals surface area contributed by atoms with E-state index < -0.39 is 22.6 Å². The molecular formula is C23H24N2O6S. The van der Waals surface area contributed by atoms with E-state index in [1.54, 1.807) is 6.07 Å². The Morgan fingerprint density at radius 1 is 1.00 bits per heavy atom. The molecule has 0 unspecified atom stereocenters. The summed E-state index contributed by atoms with van der Waals surface area (Å²) in [6.45, 7) is 3.26. The molecule has 32 heavy (non-hydrogen) atoms. The Morgan fingerprint density at radius 3 is 2.34 bits per heavy atom. The highest BCUT2D eigenvalue weighted by Gasteiger charge is 2.23. The van der Waals surface area contributed by atoms with E-state index in [1.807, 2.05) is 48.7 Å². The summed E-state index contributed by atoms with van der Waals surface area (Å²) in [4.78, 5) is 29.8. The molecule has 9 heteroatoms. The Labute approximate surface area is 187 Å². The van der Waals surface area contributed by atoms with Gasteiger partial charge in [-0.15, -0.1) is 0 Å². The molecule has 3 aromatic rings. The minimum Gasteiger partial charge on any atom is -0.454 e. The van der Waals surface area contributed by atoms with Gasteiger partial charge in [0, 0.05) is 29.7 Å². The Bertz CT molecular complexity index is 1250. The van der Waals surface area contributed by atoms with Gasteiger partial charge in [-0.25, -0.2) is 13.2 Å². The van der Waals surface area contributed by atoms with Gasteiger partial charge in [-0.1, -0.05) is 28.7 Å². The molecule has 168 valence electrons. The van der Waals surface area contributed by atoms with Gasteiger partial charge in [0.1, 0.15) is 0 Å². The van der Waals surface area contributed by atoms with E-state index in [0.717, 1.165) is 17.1 Å². The smallest absolute Gasteiger partial charge is 0.338 e. The summed E-state index contributed by atoms with van der Waals surface area (Å²) in [7, 11) is -1.46. The summed E-state index contributed by atoms with van der Waals surface area (Å²) in [5.41, 5.74) is 3.02. The number of hydrogen-bond donors (Lipinski definition) is 0. The number of hydrogen-bond acceptors (Lipinski definition) is 6. The molecule has 0 fully saturated rings. The first-order valence-electron chi connectivity index (χ1n) is 9.74. The zero-order valence-electron chi connectivity index (χ0n) is 18.2.